The quantitative estimate of drug-likeness (QED) is 0.387. The number of fused-ring (bicyclic) bond motifs is 4. The van der Waals surface area contributed by atoms with Gasteiger partial charge < -0.3 is 25.0 Å². The lowest BCUT2D eigenvalue weighted by Crippen LogP contribution is -2.46. The fraction of sp³-hybridized carbons (Fsp3) is 0.517. The van der Waals surface area contributed by atoms with Crippen molar-refractivity contribution in [2.75, 3.05) is 58.4 Å². The lowest BCUT2D eigenvalue weighted by atomic mass is 9.93. The smallest absolute Gasteiger partial charge is 0.234 e. The molecule has 4 aliphatic rings. The highest BCUT2D eigenvalue weighted by Crippen LogP contribution is 2.54. The van der Waals surface area contributed by atoms with Crippen LogP contribution in [-0.4, -0.2) is 68.1 Å². The summed E-state index contributed by atoms with van der Waals surface area (Å²) in [6.45, 7) is 3.15. The van der Waals surface area contributed by atoms with Crippen molar-refractivity contribution in [2.24, 2.45) is 5.41 Å². The third-order valence-electron chi connectivity index (χ3n) is 9.06. The van der Waals surface area contributed by atoms with Crippen molar-refractivity contribution in [3.63, 3.8) is 0 Å². The van der Waals surface area contributed by atoms with Crippen LogP contribution in [0.25, 0.3) is 10.9 Å². The summed E-state index contributed by atoms with van der Waals surface area (Å²) in [5.41, 5.74) is 4.54. The van der Waals surface area contributed by atoms with Gasteiger partial charge in [0.2, 0.25) is 10.0 Å². The van der Waals surface area contributed by atoms with Crippen LogP contribution in [0, 0.1) is 5.41 Å². The maximum absolute atomic E-state index is 12.5. The van der Waals surface area contributed by atoms with Gasteiger partial charge in [-0.15, -0.1) is 0 Å². The number of sulfonamides is 1. The van der Waals surface area contributed by atoms with Crippen LogP contribution in [0.2, 0.25) is 0 Å². The Kier molecular flexibility index (Phi) is 6.38. The zero-order valence-corrected chi connectivity index (χ0v) is 23.4. The van der Waals surface area contributed by atoms with E-state index in [1.165, 1.54) is 32.0 Å². The largest absolute Gasteiger partial charge is 0.489 e. The Morgan fingerprint density at radius 3 is 2.62 bits per heavy atom. The van der Waals surface area contributed by atoms with Gasteiger partial charge in [-0.2, -0.15) is 0 Å². The Morgan fingerprint density at radius 1 is 1.00 bits per heavy atom. The monoisotopic (exact) mass is 564 g/mol. The number of aromatic nitrogens is 2. The van der Waals surface area contributed by atoms with Gasteiger partial charge in [0.05, 0.1) is 46.4 Å². The van der Waals surface area contributed by atoms with Gasteiger partial charge in [0.15, 0.2) is 0 Å². The van der Waals surface area contributed by atoms with Crippen molar-refractivity contribution in [3.8, 4) is 5.75 Å². The van der Waals surface area contributed by atoms with Gasteiger partial charge in [0.1, 0.15) is 24.5 Å². The molecule has 40 heavy (non-hydrogen) atoms. The first-order valence-electron chi connectivity index (χ1n) is 14.4. The fourth-order valence-corrected chi connectivity index (χ4v) is 7.40. The number of aliphatic hydroxyl groups excluding tert-OH is 1. The molecular weight excluding hydrogens is 528 g/mol. The van der Waals surface area contributed by atoms with Gasteiger partial charge in [0.25, 0.3) is 0 Å². The second kappa shape index (κ2) is 9.95. The number of rotatable bonds is 7. The Balaban J connectivity index is 1.27. The number of anilines is 5. The summed E-state index contributed by atoms with van der Waals surface area (Å²) in [6, 6.07) is 10.2. The highest BCUT2D eigenvalue weighted by Gasteiger charge is 2.44. The van der Waals surface area contributed by atoms with Gasteiger partial charge in [-0.3, -0.25) is 4.72 Å². The van der Waals surface area contributed by atoms with Crippen LogP contribution in [0.1, 0.15) is 44.9 Å². The van der Waals surface area contributed by atoms with Crippen LogP contribution < -0.4 is 24.6 Å². The molecule has 2 aromatic carbocycles. The first-order valence-corrected chi connectivity index (χ1v) is 16.0. The predicted octanol–water partition coefficient (Wildman–Crippen LogP) is 4.24. The molecule has 212 valence electrons. The molecule has 1 unspecified atom stereocenters. The SMILES string of the molecule is O=S(=O)(CCO)Nc1cc(N2CCC3(CC2)CC3)c2c(Nc3ccc4c(c3)N3CCCCC3CO4)ncnc2c1. The number of hydrogen-bond acceptors (Lipinski definition) is 9. The molecule has 10 nitrogen and oxygen atoms in total. The number of piperidine rings is 2. The van der Waals surface area contributed by atoms with Crippen LogP contribution in [0.4, 0.5) is 28.6 Å². The molecule has 3 N–H and O–H groups in total. The molecule has 3 aromatic rings. The summed E-state index contributed by atoms with van der Waals surface area (Å²) in [4.78, 5) is 14.0. The maximum Gasteiger partial charge on any atom is 0.234 e. The van der Waals surface area contributed by atoms with Crippen molar-refractivity contribution in [1.29, 1.82) is 0 Å². The van der Waals surface area contributed by atoms with E-state index in [9.17, 15) is 13.5 Å². The Bertz CT molecular complexity index is 1530. The minimum Gasteiger partial charge on any atom is -0.489 e. The molecule has 1 aromatic heterocycles. The second-order valence-electron chi connectivity index (χ2n) is 11.7. The number of ether oxygens (including phenoxy) is 1. The van der Waals surface area contributed by atoms with E-state index in [4.69, 9.17) is 4.74 Å². The first kappa shape index (κ1) is 25.6. The molecule has 1 spiro atoms. The Labute approximate surface area is 234 Å². The van der Waals surface area contributed by atoms with Crippen molar-refractivity contribution in [2.45, 2.75) is 51.0 Å². The lowest BCUT2D eigenvalue weighted by Gasteiger charge is -2.41. The average molecular weight is 565 g/mol. The summed E-state index contributed by atoms with van der Waals surface area (Å²) in [5, 5.41) is 13.6. The van der Waals surface area contributed by atoms with E-state index in [0.717, 1.165) is 73.7 Å². The average Bonchev–Trinajstić information content (AvgIpc) is 3.71. The zero-order chi connectivity index (χ0) is 27.3. The lowest BCUT2D eigenvalue weighted by molar-refractivity contribution is 0.240. The van der Waals surface area contributed by atoms with Gasteiger partial charge in [-0.1, -0.05) is 0 Å². The summed E-state index contributed by atoms with van der Waals surface area (Å²) in [6.07, 6.45) is 9.96. The Morgan fingerprint density at radius 2 is 1.82 bits per heavy atom. The van der Waals surface area contributed by atoms with Gasteiger partial charge in [-0.05, 0) is 80.7 Å². The van der Waals surface area contributed by atoms with E-state index in [-0.39, 0.29) is 5.75 Å². The molecule has 0 bridgehead atoms. The van der Waals surface area contributed by atoms with E-state index < -0.39 is 16.6 Å². The summed E-state index contributed by atoms with van der Waals surface area (Å²) >= 11 is 0. The number of nitrogens with zero attached hydrogens (tertiary/aromatic N) is 4. The van der Waals surface area contributed by atoms with Gasteiger partial charge in [-0.25, -0.2) is 18.4 Å². The molecule has 3 aliphatic heterocycles. The Hall–Kier alpha value is -3.31. The highest BCUT2D eigenvalue weighted by molar-refractivity contribution is 7.92. The van der Waals surface area contributed by atoms with Crippen LogP contribution in [0.5, 0.6) is 5.75 Å². The minimum absolute atomic E-state index is 0.358. The topological polar surface area (TPSA) is 120 Å². The summed E-state index contributed by atoms with van der Waals surface area (Å²) in [5.74, 6) is 1.24. The van der Waals surface area contributed by atoms with Gasteiger partial charge in [0, 0.05) is 25.3 Å². The molecular formula is C29H36N6O4S. The molecule has 1 aliphatic carbocycles. The van der Waals surface area contributed by atoms with Crippen LogP contribution >= 0.6 is 0 Å². The molecule has 0 amide bonds. The third-order valence-corrected chi connectivity index (χ3v) is 10.3. The van der Waals surface area contributed by atoms with E-state index in [1.54, 1.807) is 6.07 Å². The second-order valence-corrected chi connectivity index (χ2v) is 13.5. The van der Waals surface area contributed by atoms with Crippen molar-refractivity contribution < 1.29 is 18.3 Å². The molecule has 7 rings (SSSR count). The summed E-state index contributed by atoms with van der Waals surface area (Å²) in [7, 11) is -3.68. The molecule has 1 saturated carbocycles. The number of benzene rings is 2. The summed E-state index contributed by atoms with van der Waals surface area (Å²) < 4.78 is 33.7. The molecule has 2 saturated heterocycles. The molecule has 4 heterocycles. The molecule has 0 radical (unpaired) electrons. The van der Waals surface area contributed by atoms with Crippen molar-refractivity contribution in [3.05, 3.63) is 36.7 Å². The zero-order valence-electron chi connectivity index (χ0n) is 22.6. The van der Waals surface area contributed by atoms with E-state index >= 15 is 0 Å². The fourth-order valence-electron chi connectivity index (χ4n) is 6.58. The predicted molar refractivity (Wildman–Crippen MR) is 157 cm³/mol. The normalized spacial score (nSPS) is 21.5. The van der Waals surface area contributed by atoms with Crippen LogP contribution in [0.15, 0.2) is 36.7 Å². The van der Waals surface area contributed by atoms with E-state index in [0.29, 0.717) is 28.5 Å². The van der Waals surface area contributed by atoms with E-state index in [2.05, 4.69) is 35.9 Å². The third kappa shape index (κ3) is 4.89. The highest BCUT2D eigenvalue weighted by atomic mass is 32.2. The van der Waals surface area contributed by atoms with Crippen LogP contribution in [-0.2, 0) is 10.0 Å². The van der Waals surface area contributed by atoms with Gasteiger partial charge >= 0.3 is 0 Å². The number of hydrogen-bond donors (Lipinski definition) is 3. The number of nitrogens with one attached hydrogen (secondary N) is 2. The van der Waals surface area contributed by atoms with Crippen molar-refractivity contribution in [1.82, 2.24) is 9.97 Å². The molecule has 11 heteroatoms. The first-order chi connectivity index (χ1) is 19.4. The number of aliphatic hydroxyl groups is 1. The maximum atomic E-state index is 12.5. The van der Waals surface area contributed by atoms with Crippen LogP contribution in [0.3, 0.4) is 0 Å². The standard InChI is InChI=1S/C29H36N6O4S/c36-13-14-40(37,38)33-21-15-23-27(25(17-21)34-11-8-29(6-7-29)9-12-34)28(31-19-30-23)32-20-4-5-26-24(16-20)35-10-2-1-3-22(35)18-39-26/h4-5,15-17,19,22,33,36H,1-3,6-14,18H2,(H,30,31,32). The van der Waals surface area contributed by atoms with E-state index in [1.807, 2.05) is 18.2 Å². The molecule has 3 fully saturated rings. The molecule has 1 atom stereocenters. The van der Waals surface area contributed by atoms with Crippen molar-refractivity contribution >= 4 is 49.5 Å². The minimum atomic E-state index is -3.68.